The summed E-state index contributed by atoms with van der Waals surface area (Å²) < 4.78 is 15.6. The first-order valence-corrected chi connectivity index (χ1v) is 4.44. The number of benzene rings is 1. The molecule has 3 heteroatoms. The number of fused-ring (bicyclic) bond motifs is 1. The molecule has 2 rings (SSSR count). The molecule has 0 aliphatic carbocycles. The fourth-order valence-corrected chi connectivity index (χ4v) is 1.36. The molecular formula is C11H12O3. The maximum atomic E-state index is 5.24. The second kappa shape index (κ2) is 4.05. The predicted molar refractivity (Wildman–Crippen MR) is 51.7 cm³/mol. The number of hydrogen-bond donors (Lipinski definition) is 0. The van der Waals surface area contributed by atoms with Crippen LogP contribution in [0.1, 0.15) is 11.1 Å². The third kappa shape index (κ3) is 1.82. The summed E-state index contributed by atoms with van der Waals surface area (Å²) in [6, 6.07) is 5.89. The van der Waals surface area contributed by atoms with Gasteiger partial charge in [0, 0.05) is 0 Å². The third-order valence-electron chi connectivity index (χ3n) is 2.14. The SMILES string of the molecule is COc1ccc2c(c1)CO/C=C\OC2. The Kier molecular flexibility index (Phi) is 2.58. The van der Waals surface area contributed by atoms with Crippen molar-refractivity contribution >= 4 is 0 Å². The highest BCUT2D eigenvalue weighted by Crippen LogP contribution is 2.20. The zero-order valence-electron chi connectivity index (χ0n) is 8.03. The largest absolute Gasteiger partial charge is 0.497 e. The highest BCUT2D eigenvalue weighted by Gasteiger charge is 2.06. The summed E-state index contributed by atoms with van der Waals surface area (Å²) in [5.41, 5.74) is 2.24. The van der Waals surface area contributed by atoms with E-state index in [1.807, 2.05) is 18.2 Å². The van der Waals surface area contributed by atoms with Crippen LogP contribution in [0, 0.1) is 0 Å². The molecular weight excluding hydrogens is 180 g/mol. The monoisotopic (exact) mass is 192 g/mol. The van der Waals surface area contributed by atoms with E-state index >= 15 is 0 Å². The minimum Gasteiger partial charge on any atom is -0.497 e. The summed E-state index contributed by atoms with van der Waals surface area (Å²) in [6.07, 6.45) is 3.12. The smallest absolute Gasteiger partial charge is 0.119 e. The van der Waals surface area contributed by atoms with Crippen molar-refractivity contribution in [3.8, 4) is 5.75 Å². The molecule has 14 heavy (non-hydrogen) atoms. The minimum absolute atomic E-state index is 0.562. The van der Waals surface area contributed by atoms with Gasteiger partial charge in [-0.15, -0.1) is 0 Å². The van der Waals surface area contributed by atoms with Crippen molar-refractivity contribution in [3.05, 3.63) is 41.9 Å². The lowest BCUT2D eigenvalue weighted by molar-refractivity contribution is 0.173. The van der Waals surface area contributed by atoms with Gasteiger partial charge < -0.3 is 14.2 Å². The summed E-state index contributed by atoms with van der Waals surface area (Å²) >= 11 is 0. The molecule has 0 spiro atoms. The van der Waals surface area contributed by atoms with E-state index in [0.29, 0.717) is 13.2 Å². The van der Waals surface area contributed by atoms with Crippen LogP contribution in [0.25, 0.3) is 0 Å². The molecule has 0 N–H and O–H groups in total. The molecule has 1 aliphatic heterocycles. The Labute approximate surface area is 82.9 Å². The topological polar surface area (TPSA) is 27.7 Å². The van der Waals surface area contributed by atoms with Crippen molar-refractivity contribution < 1.29 is 14.2 Å². The lowest BCUT2D eigenvalue weighted by Gasteiger charge is -2.13. The molecule has 0 atom stereocenters. The van der Waals surface area contributed by atoms with Crippen molar-refractivity contribution in [2.75, 3.05) is 7.11 Å². The first kappa shape index (κ1) is 8.94. The molecule has 0 radical (unpaired) electrons. The van der Waals surface area contributed by atoms with Crippen LogP contribution in [-0.4, -0.2) is 7.11 Å². The average molecular weight is 192 g/mol. The Bertz CT molecular complexity index is 344. The van der Waals surface area contributed by atoms with Crippen molar-refractivity contribution in [2.24, 2.45) is 0 Å². The third-order valence-corrected chi connectivity index (χ3v) is 2.14. The van der Waals surface area contributed by atoms with Gasteiger partial charge in [0.25, 0.3) is 0 Å². The van der Waals surface area contributed by atoms with E-state index in [4.69, 9.17) is 14.2 Å². The highest BCUT2D eigenvalue weighted by atomic mass is 16.5. The molecule has 1 aromatic carbocycles. The second-order valence-electron chi connectivity index (χ2n) is 3.03. The molecule has 0 saturated carbocycles. The van der Waals surface area contributed by atoms with Gasteiger partial charge in [0.05, 0.1) is 7.11 Å². The van der Waals surface area contributed by atoms with E-state index in [0.717, 1.165) is 16.9 Å². The summed E-state index contributed by atoms with van der Waals surface area (Å²) in [4.78, 5) is 0. The van der Waals surface area contributed by atoms with Crippen LogP contribution >= 0.6 is 0 Å². The molecule has 1 aliphatic rings. The fraction of sp³-hybridized carbons (Fsp3) is 0.273. The van der Waals surface area contributed by atoms with Gasteiger partial charge in [-0.1, -0.05) is 6.07 Å². The zero-order valence-corrected chi connectivity index (χ0v) is 8.03. The molecule has 1 heterocycles. The van der Waals surface area contributed by atoms with Crippen molar-refractivity contribution in [1.29, 1.82) is 0 Å². The molecule has 0 fully saturated rings. The van der Waals surface area contributed by atoms with Crippen LogP contribution in [0.2, 0.25) is 0 Å². The van der Waals surface area contributed by atoms with Crippen LogP contribution < -0.4 is 4.74 Å². The first-order chi connectivity index (χ1) is 6.90. The Morgan fingerprint density at radius 1 is 1.07 bits per heavy atom. The van der Waals surface area contributed by atoms with Gasteiger partial charge in [0.1, 0.15) is 31.5 Å². The van der Waals surface area contributed by atoms with Gasteiger partial charge >= 0.3 is 0 Å². The number of rotatable bonds is 1. The van der Waals surface area contributed by atoms with Gasteiger partial charge in [0.2, 0.25) is 0 Å². The normalized spacial score (nSPS) is 16.6. The van der Waals surface area contributed by atoms with Crippen LogP contribution in [0.3, 0.4) is 0 Å². The van der Waals surface area contributed by atoms with E-state index in [1.165, 1.54) is 0 Å². The summed E-state index contributed by atoms with van der Waals surface area (Å²) in [5.74, 6) is 0.844. The lowest BCUT2D eigenvalue weighted by Crippen LogP contribution is -2.00. The van der Waals surface area contributed by atoms with Crippen LogP contribution in [0.4, 0.5) is 0 Å². The Hall–Kier alpha value is -1.64. The molecule has 1 aromatic rings. The van der Waals surface area contributed by atoms with Crippen LogP contribution in [0.5, 0.6) is 5.75 Å². The highest BCUT2D eigenvalue weighted by molar-refractivity contribution is 5.35. The molecule has 0 saturated heterocycles. The first-order valence-electron chi connectivity index (χ1n) is 4.44. The molecule has 0 unspecified atom stereocenters. The van der Waals surface area contributed by atoms with Crippen molar-refractivity contribution in [1.82, 2.24) is 0 Å². The van der Waals surface area contributed by atoms with Gasteiger partial charge in [0.15, 0.2) is 0 Å². The quantitative estimate of drug-likeness (QED) is 0.682. The standard InChI is InChI=1S/C11H12O3/c1-12-11-3-2-9-7-13-4-5-14-8-10(9)6-11/h2-6H,7-8H2,1H3/b5-4-. The van der Waals surface area contributed by atoms with E-state index < -0.39 is 0 Å². The van der Waals surface area contributed by atoms with Crippen molar-refractivity contribution in [3.63, 3.8) is 0 Å². The summed E-state index contributed by atoms with van der Waals surface area (Å²) in [6.45, 7) is 1.14. The van der Waals surface area contributed by atoms with Gasteiger partial charge in [-0.3, -0.25) is 0 Å². The Morgan fingerprint density at radius 3 is 2.50 bits per heavy atom. The molecule has 0 amide bonds. The van der Waals surface area contributed by atoms with E-state index in [-0.39, 0.29) is 0 Å². The molecule has 0 bridgehead atoms. The molecule has 0 aromatic heterocycles. The van der Waals surface area contributed by atoms with E-state index in [2.05, 4.69) is 0 Å². The maximum Gasteiger partial charge on any atom is 0.119 e. The Morgan fingerprint density at radius 2 is 1.79 bits per heavy atom. The number of ether oxygens (including phenoxy) is 3. The number of hydrogen-bond acceptors (Lipinski definition) is 3. The molecule has 3 nitrogen and oxygen atoms in total. The average Bonchev–Trinajstić information content (AvgIpc) is 2.18. The lowest BCUT2D eigenvalue weighted by atomic mass is 10.1. The maximum absolute atomic E-state index is 5.24. The van der Waals surface area contributed by atoms with Crippen molar-refractivity contribution in [2.45, 2.75) is 13.2 Å². The fourth-order valence-electron chi connectivity index (χ4n) is 1.36. The molecule has 74 valence electrons. The van der Waals surface area contributed by atoms with E-state index in [9.17, 15) is 0 Å². The Balaban J connectivity index is 2.29. The zero-order chi connectivity index (χ0) is 9.80. The number of methoxy groups -OCH3 is 1. The second-order valence-corrected chi connectivity index (χ2v) is 3.03. The summed E-state index contributed by atoms with van der Waals surface area (Å²) in [5, 5.41) is 0. The minimum atomic E-state index is 0.562. The van der Waals surface area contributed by atoms with E-state index in [1.54, 1.807) is 19.6 Å². The summed E-state index contributed by atoms with van der Waals surface area (Å²) in [7, 11) is 1.65. The van der Waals surface area contributed by atoms with Crippen LogP contribution in [0.15, 0.2) is 30.7 Å². The van der Waals surface area contributed by atoms with Gasteiger partial charge in [-0.05, 0) is 23.3 Å². The van der Waals surface area contributed by atoms with Gasteiger partial charge in [-0.25, -0.2) is 0 Å². The van der Waals surface area contributed by atoms with Crippen LogP contribution in [-0.2, 0) is 22.7 Å². The predicted octanol–water partition coefficient (Wildman–Crippen LogP) is 2.21. The van der Waals surface area contributed by atoms with Gasteiger partial charge in [-0.2, -0.15) is 0 Å².